The van der Waals surface area contributed by atoms with Crippen LogP contribution in [0, 0.1) is 0 Å². The lowest BCUT2D eigenvalue weighted by Crippen LogP contribution is -2.49. The van der Waals surface area contributed by atoms with Gasteiger partial charge in [0, 0.05) is 18.1 Å². The normalized spacial score (nSPS) is 18.1. The molecule has 29 heavy (non-hydrogen) atoms. The van der Waals surface area contributed by atoms with Gasteiger partial charge in [-0.1, -0.05) is 23.7 Å². The van der Waals surface area contributed by atoms with E-state index in [0.717, 1.165) is 5.56 Å². The molecular formula is C20H29ClN2O6. The molecule has 0 bridgehead atoms. The fourth-order valence-corrected chi connectivity index (χ4v) is 3.06. The minimum absolute atomic E-state index is 0.235. The molecule has 9 heteroatoms. The van der Waals surface area contributed by atoms with E-state index < -0.39 is 23.9 Å². The molecule has 1 N–H and O–H groups in total. The lowest BCUT2D eigenvalue weighted by Gasteiger charge is -2.37. The molecule has 2 rings (SSSR count). The summed E-state index contributed by atoms with van der Waals surface area (Å²) in [5.41, 5.74) is 0.249. The summed E-state index contributed by atoms with van der Waals surface area (Å²) in [6, 6.07) is 7.29. The van der Waals surface area contributed by atoms with Gasteiger partial charge >= 0.3 is 12.2 Å². The van der Waals surface area contributed by atoms with Crippen LogP contribution in [0.15, 0.2) is 24.3 Å². The number of rotatable bonds is 6. The van der Waals surface area contributed by atoms with Crippen LogP contribution >= 0.6 is 11.6 Å². The number of ether oxygens (including phenoxy) is 4. The molecule has 1 fully saturated rings. The van der Waals surface area contributed by atoms with E-state index in [1.807, 2.05) is 32.9 Å². The highest BCUT2D eigenvalue weighted by atomic mass is 35.5. The van der Waals surface area contributed by atoms with E-state index in [0.29, 0.717) is 24.7 Å². The third kappa shape index (κ3) is 7.72. The Balaban J connectivity index is 2.08. The maximum Gasteiger partial charge on any atom is 0.410 e. The highest BCUT2D eigenvalue weighted by Crippen LogP contribution is 2.28. The maximum absolute atomic E-state index is 12.5. The zero-order valence-electron chi connectivity index (χ0n) is 17.3. The van der Waals surface area contributed by atoms with Gasteiger partial charge in [-0.2, -0.15) is 0 Å². The van der Waals surface area contributed by atoms with E-state index in [-0.39, 0.29) is 19.2 Å². The predicted molar refractivity (Wildman–Crippen MR) is 108 cm³/mol. The Morgan fingerprint density at radius 3 is 2.79 bits per heavy atom. The molecule has 0 radical (unpaired) electrons. The van der Waals surface area contributed by atoms with Crippen LogP contribution in [0.5, 0.6) is 0 Å². The minimum Gasteiger partial charge on any atom is -0.453 e. The van der Waals surface area contributed by atoms with Crippen molar-refractivity contribution in [3.05, 3.63) is 34.9 Å². The van der Waals surface area contributed by atoms with Gasteiger partial charge in [0.15, 0.2) is 0 Å². The number of hydrogen-bond acceptors (Lipinski definition) is 6. The third-order valence-electron chi connectivity index (χ3n) is 4.11. The van der Waals surface area contributed by atoms with Crippen molar-refractivity contribution in [3.8, 4) is 0 Å². The van der Waals surface area contributed by atoms with Crippen LogP contribution in [0.2, 0.25) is 5.02 Å². The lowest BCUT2D eigenvalue weighted by molar-refractivity contribution is -0.112. The van der Waals surface area contributed by atoms with Gasteiger partial charge in [-0.25, -0.2) is 9.59 Å². The molecule has 1 saturated heterocycles. The Morgan fingerprint density at radius 2 is 2.14 bits per heavy atom. The van der Waals surface area contributed by atoms with Crippen molar-refractivity contribution in [2.24, 2.45) is 0 Å². The topological polar surface area (TPSA) is 86.3 Å². The molecule has 0 saturated carbocycles. The fourth-order valence-electron chi connectivity index (χ4n) is 2.86. The van der Waals surface area contributed by atoms with E-state index in [1.165, 1.54) is 7.11 Å². The number of amides is 2. The van der Waals surface area contributed by atoms with E-state index in [1.54, 1.807) is 17.0 Å². The third-order valence-corrected chi connectivity index (χ3v) is 4.35. The highest BCUT2D eigenvalue weighted by molar-refractivity contribution is 6.30. The van der Waals surface area contributed by atoms with Gasteiger partial charge in [-0.15, -0.1) is 0 Å². The Kier molecular flexibility index (Phi) is 8.55. The largest absolute Gasteiger partial charge is 0.453 e. The Labute approximate surface area is 176 Å². The first kappa shape index (κ1) is 23.3. The number of alkyl carbamates (subject to hydrolysis) is 1. The van der Waals surface area contributed by atoms with E-state index in [4.69, 9.17) is 25.8 Å². The molecule has 162 valence electrons. The molecule has 1 aliphatic rings. The first-order chi connectivity index (χ1) is 13.7. The second-order valence-electron chi connectivity index (χ2n) is 7.60. The fraction of sp³-hybridized carbons (Fsp3) is 0.600. The Hall–Kier alpha value is -2.03. The second-order valence-corrected chi connectivity index (χ2v) is 8.04. The monoisotopic (exact) mass is 428 g/mol. The maximum atomic E-state index is 12.5. The van der Waals surface area contributed by atoms with Gasteiger partial charge in [0.25, 0.3) is 0 Å². The van der Waals surface area contributed by atoms with Crippen LogP contribution in [0.4, 0.5) is 9.59 Å². The SMILES string of the molecule is COC(=O)NCCOC(c1cccc(Cl)c1)C1CN(C(=O)OC(C)(C)C)CCO1. The molecule has 8 nitrogen and oxygen atoms in total. The number of benzene rings is 1. The van der Waals surface area contributed by atoms with Crippen LogP contribution in [-0.4, -0.2) is 68.7 Å². The summed E-state index contributed by atoms with van der Waals surface area (Å²) >= 11 is 6.15. The molecule has 2 atom stereocenters. The summed E-state index contributed by atoms with van der Waals surface area (Å²) in [4.78, 5) is 25.3. The van der Waals surface area contributed by atoms with Gasteiger partial charge < -0.3 is 29.2 Å². The molecule has 0 aromatic heterocycles. The highest BCUT2D eigenvalue weighted by Gasteiger charge is 2.34. The van der Waals surface area contributed by atoms with Crippen molar-refractivity contribution in [1.29, 1.82) is 0 Å². The van der Waals surface area contributed by atoms with Crippen molar-refractivity contribution in [3.63, 3.8) is 0 Å². The average molecular weight is 429 g/mol. The van der Waals surface area contributed by atoms with Crippen LogP contribution in [-0.2, 0) is 18.9 Å². The molecule has 1 heterocycles. The van der Waals surface area contributed by atoms with Crippen molar-refractivity contribution in [2.75, 3.05) is 40.0 Å². The molecule has 1 aromatic carbocycles. The van der Waals surface area contributed by atoms with Gasteiger partial charge in [0.1, 0.15) is 17.8 Å². The van der Waals surface area contributed by atoms with Gasteiger partial charge in [-0.05, 0) is 38.5 Å². The van der Waals surface area contributed by atoms with Gasteiger partial charge in [0.2, 0.25) is 0 Å². The Morgan fingerprint density at radius 1 is 1.38 bits per heavy atom. The van der Waals surface area contributed by atoms with E-state index >= 15 is 0 Å². The number of nitrogens with zero attached hydrogens (tertiary/aromatic N) is 1. The average Bonchev–Trinajstić information content (AvgIpc) is 2.66. The number of hydrogen-bond donors (Lipinski definition) is 1. The summed E-state index contributed by atoms with van der Waals surface area (Å²) in [7, 11) is 1.30. The van der Waals surface area contributed by atoms with Gasteiger partial charge in [-0.3, -0.25) is 0 Å². The molecule has 2 unspecified atom stereocenters. The second kappa shape index (κ2) is 10.7. The first-order valence-electron chi connectivity index (χ1n) is 9.48. The zero-order valence-corrected chi connectivity index (χ0v) is 18.0. The minimum atomic E-state index is -0.576. The van der Waals surface area contributed by atoms with Crippen LogP contribution in [0.1, 0.15) is 32.4 Å². The lowest BCUT2D eigenvalue weighted by atomic mass is 10.0. The predicted octanol–water partition coefficient (Wildman–Crippen LogP) is 3.39. The van der Waals surface area contributed by atoms with E-state index in [9.17, 15) is 9.59 Å². The molecule has 1 aromatic rings. The van der Waals surface area contributed by atoms with Gasteiger partial charge in [0.05, 0.1) is 26.9 Å². The molecular weight excluding hydrogens is 400 g/mol. The summed E-state index contributed by atoms with van der Waals surface area (Å²) < 4.78 is 22.0. The smallest absolute Gasteiger partial charge is 0.410 e. The molecule has 0 aliphatic carbocycles. The molecule has 2 amide bonds. The van der Waals surface area contributed by atoms with Crippen molar-refractivity contribution in [1.82, 2.24) is 10.2 Å². The van der Waals surface area contributed by atoms with Crippen molar-refractivity contribution >= 4 is 23.8 Å². The standard InChI is InChI=1S/C20H29ClN2O6/c1-20(2,3)29-19(25)23-9-11-27-16(13-23)17(14-6-5-7-15(21)12-14)28-10-8-22-18(24)26-4/h5-7,12,16-17H,8-11,13H2,1-4H3,(H,22,24). The Bertz CT molecular complexity index is 694. The number of nitrogens with one attached hydrogen (secondary N) is 1. The van der Waals surface area contributed by atoms with Crippen LogP contribution in [0.3, 0.4) is 0 Å². The van der Waals surface area contributed by atoms with Crippen LogP contribution < -0.4 is 5.32 Å². The summed E-state index contributed by atoms with van der Waals surface area (Å²) in [5, 5.41) is 3.14. The van der Waals surface area contributed by atoms with Crippen molar-refractivity contribution in [2.45, 2.75) is 38.6 Å². The first-order valence-corrected chi connectivity index (χ1v) is 9.86. The molecule has 1 aliphatic heterocycles. The summed E-state index contributed by atoms with van der Waals surface area (Å²) in [6.45, 7) is 7.11. The summed E-state index contributed by atoms with van der Waals surface area (Å²) in [5.74, 6) is 0. The number of halogens is 1. The summed E-state index contributed by atoms with van der Waals surface area (Å²) in [6.07, 6.45) is -1.80. The number of carbonyl (C=O) groups excluding carboxylic acids is 2. The van der Waals surface area contributed by atoms with E-state index in [2.05, 4.69) is 10.1 Å². The van der Waals surface area contributed by atoms with Crippen molar-refractivity contribution < 1.29 is 28.5 Å². The number of carbonyl (C=O) groups is 2. The van der Waals surface area contributed by atoms with Crippen LogP contribution in [0.25, 0.3) is 0 Å². The number of methoxy groups -OCH3 is 1. The quantitative estimate of drug-likeness (QED) is 0.699. The molecule has 0 spiro atoms. The number of morpholine rings is 1. The zero-order chi connectivity index (χ0) is 21.4.